The second-order valence-electron chi connectivity index (χ2n) is 9.41. The lowest BCUT2D eigenvalue weighted by Gasteiger charge is -2.25. The number of aliphatic hydroxyl groups excluding tert-OH is 1. The molecule has 6 rings (SSSR count). The smallest absolute Gasteiger partial charge is 0.270 e. The standard InChI is InChI=1S/C30H28N4O2/c1-32-17-16-25-24-14-8-9-15-26(24)34(29(25)30(32)36)19-23(35)18-33-20-31-27(21-10-4-2-5-11-21)28(33)22-12-6-3-7-13-22/h2-15,20,23,35H,16-19H2,1H3/t23-/m0/s1. The van der Waals surface area contributed by atoms with E-state index in [0.29, 0.717) is 25.3 Å². The monoisotopic (exact) mass is 476 g/mol. The number of nitrogens with zero attached hydrogens (tertiary/aromatic N) is 4. The summed E-state index contributed by atoms with van der Waals surface area (Å²) in [4.78, 5) is 19.7. The van der Waals surface area contributed by atoms with Crippen molar-refractivity contribution in [2.24, 2.45) is 0 Å². The van der Waals surface area contributed by atoms with E-state index >= 15 is 0 Å². The predicted molar refractivity (Wildman–Crippen MR) is 142 cm³/mol. The Hall–Kier alpha value is -4.16. The zero-order valence-electron chi connectivity index (χ0n) is 20.2. The molecule has 1 aliphatic heterocycles. The molecule has 0 radical (unpaired) electrons. The van der Waals surface area contributed by atoms with E-state index in [1.807, 2.05) is 70.8 Å². The number of para-hydroxylation sites is 1. The van der Waals surface area contributed by atoms with Crippen molar-refractivity contribution in [1.82, 2.24) is 19.0 Å². The molecule has 36 heavy (non-hydrogen) atoms. The number of likely N-dealkylation sites (N-methyl/N-ethyl adjacent to an activating group) is 1. The maximum Gasteiger partial charge on any atom is 0.270 e. The van der Waals surface area contributed by atoms with Gasteiger partial charge in [0.2, 0.25) is 0 Å². The molecule has 180 valence electrons. The maximum absolute atomic E-state index is 13.2. The molecule has 0 saturated heterocycles. The summed E-state index contributed by atoms with van der Waals surface area (Å²) in [6, 6.07) is 28.4. The van der Waals surface area contributed by atoms with Crippen LogP contribution in [0.25, 0.3) is 33.4 Å². The minimum atomic E-state index is -0.717. The van der Waals surface area contributed by atoms with E-state index in [1.54, 1.807) is 11.2 Å². The number of amides is 1. The summed E-state index contributed by atoms with van der Waals surface area (Å²) in [7, 11) is 1.84. The van der Waals surface area contributed by atoms with Crippen molar-refractivity contribution in [2.45, 2.75) is 25.6 Å². The average Bonchev–Trinajstić information content (AvgIpc) is 3.47. The first kappa shape index (κ1) is 22.3. The van der Waals surface area contributed by atoms with E-state index in [4.69, 9.17) is 4.98 Å². The third-order valence-electron chi connectivity index (χ3n) is 7.06. The highest BCUT2D eigenvalue weighted by Crippen LogP contribution is 2.33. The van der Waals surface area contributed by atoms with Gasteiger partial charge in [-0.2, -0.15) is 0 Å². The van der Waals surface area contributed by atoms with Crippen LogP contribution in [0.1, 0.15) is 16.1 Å². The van der Waals surface area contributed by atoms with Crippen LogP contribution in [0.4, 0.5) is 0 Å². The van der Waals surface area contributed by atoms with Crippen molar-refractivity contribution in [3.8, 4) is 22.5 Å². The van der Waals surface area contributed by atoms with Gasteiger partial charge in [0.1, 0.15) is 5.69 Å². The molecule has 0 aliphatic carbocycles. The lowest BCUT2D eigenvalue weighted by molar-refractivity contribution is 0.0762. The number of benzene rings is 3. The molecular formula is C30H28N4O2. The van der Waals surface area contributed by atoms with Crippen molar-refractivity contribution in [1.29, 1.82) is 0 Å². The first-order chi connectivity index (χ1) is 17.6. The minimum Gasteiger partial charge on any atom is -0.389 e. The van der Waals surface area contributed by atoms with Crippen LogP contribution >= 0.6 is 0 Å². The molecule has 5 aromatic rings. The van der Waals surface area contributed by atoms with E-state index in [-0.39, 0.29) is 5.91 Å². The first-order valence-electron chi connectivity index (χ1n) is 12.3. The zero-order valence-corrected chi connectivity index (χ0v) is 20.2. The third-order valence-corrected chi connectivity index (χ3v) is 7.06. The van der Waals surface area contributed by atoms with Crippen LogP contribution in [-0.4, -0.2) is 49.7 Å². The topological polar surface area (TPSA) is 63.3 Å². The number of carbonyl (C=O) groups is 1. The van der Waals surface area contributed by atoms with Gasteiger partial charge in [-0.05, 0) is 18.1 Å². The Morgan fingerprint density at radius 2 is 1.53 bits per heavy atom. The Balaban J connectivity index is 1.38. The van der Waals surface area contributed by atoms with Gasteiger partial charge in [0.15, 0.2) is 0 Å². The molecule has 3 aromatic carbocycles. The van der Waals surface area contributed by atoms with Gasteiger partial charge in [0.25, 0.3) is 5.91 Å². The Labute approximate surface area is 210 Å². The van der Waals surface area contributed by atoms with Crippen LogP contribution in [0.15, 0.2) is 91.3 Å². The van der Waals surface area contributed by atoms with Crippen molar-refractivity contribution in [3.63, 3.8) is 0 Å². The van der Waals surface area contributed by atoms with Crippen LogP contribution in [-0.2, 0) is 19.5 Å². The molecule has 0 fully saturated rings. The van der Waals surface area contributed by atoms with Gasteiger partial charge >= 0.3 is 0 Å². The number of imidazole rings is 1. The van der Waals surface area contributed by atoms with Gasteiger partial charge in [-0.1, -0.05) is 78.9 Å². The molecule has 1 aliphatic rings. The number of aromatic nitrogens is 3. The number of aliphatic hydroxyl groups is 1. The molecule has 3 heterocycles. The van der Waals surface area contributed by atoms with Gasteiger partial charge in [-0.3, -0.25) is 4.79 Å². The molecule has 0 spiro atoms. The van der Waals surface area contributed by atoms with E-state index in [1.165, 1.54) is 0 Å². The second-order valence-corrected chi connectivity index (χ2v) is 9.41. The molecule has 2 aromatic heterocycles. The molecule has 6 nitrogen and oxygen atoms in total. The first-order valence-corrected chi connectivity index (χ1v) is 12.3. The summed E-state index contributed by atoms with van der Waals surface area (Å²) >= 11 is 0. The number of carbonyl (C=O) groups excluding carboxylic acids is 1. The summed E-state index contributed by atoms with van der Waals surface area (Å²) < 4.78 is 4.03. The van der Waals surface area contributed by atoms with Gasteiger partial charge in [-0.25, -0.2) is 4.98 Å². The molecule has 1 amide bonds. The minimum absolute atomic E-state index is 0.0126. The van der Waals surface area contributed by atoms with E-state index < -0.39 is 6.10 Å². The van der Waals surface area contributed by atoms with Crippen molar-refractivity contribution in [2.75, 3.05) is 13.6 Å². The molecule has 1 N–H and O–H groups in total. The highest BCUT2D eigenvalue weighted by Gasteiger charge is 2.30. The molecule has 1 atom stereocenters. The molecule has 0 unspecified atom stereocenters. The summed E-state index contributed by atoms with van der Waals surface area (Å²) in [6.07, 6.45) is 1.90. The van der Waals surface area contributed by atoms with Gasteiger partial charge in [-0.15, -0.1) is 0 Å². The highest BCUT2D eigenvalue weighted by molar-refractivity contribution is 6.02. The highest BCUT2D eigenvalue weighted by atomic mass is 16.3. The summed E-state index contributed by atoms with van der Waals surface area (Å²) in [5, 5.41) is 12.4. The number of rotatable bonds is 6. The van der Waals surface area contributed by atoms with Gasteiger partial charge in [0, 0.05) is 35.6 Å². The summed E-state index contributed by atoms with van der Waals surface area (Å²) in [5.74, 6) is 0.0126. The van der Waals surface area contributed by atoms with E-state index in [9.17, 15) is 9.90 Å². The van der Waals surface area contributed by atoms with E-state index in [2.05, 4.69) is 30.3 Å². The molecule has 0 saturated carbocycles. The Kier molecular flexibility index (Phi) is 5.66. The fraction of sp³-hybridized carbons (Fsp3) is 0.200. The fourth-order valence-electron chi connectivity index (χ4n) is 5.35. The Bertz CT molecular complexity index is 1540. The quantitative estimate of drug-likeness (QED) is 0.381. The number of fused-ring (bicyclic) bond motifs is 3. The van der Waals surface area contributed by atoms with Crippen molar-refractivity contribution >= 4 is 16.8 Å². The third kappa shape index (κ3) is 3.80. The molecular weight excluding hydrogens is 448 g/mol. The predicted octanol–water partition coefficient (Wildman–Crippen LogP) is 4.86. The lowest BCUT2D eigenvalue weighted by atomic mass is 10.0. The Morgan fingerprint density at radius 1 is 0.861 bits per heavy atom. The molecule has 0 bridgehead atoms. The van der Waals surface area contributed by atoms with Gasteiger partial charge < -0.3 is 19.1 Å². The number of hydrogen-bond donors (Lipinski definition) is 1. The zero-order chi connectivity index (χ0) is 24.6. The van der Waals surface area contributed by atoms with Crippen molar-refractivity contribution in [3.05, 3.63) is 103 Å². The van der Waals surface area contributed by atoms with Crippen LogP contribution in [0.2, 0.25) is 0 Å². The second kappa shape index (κ2) is 9.13. The van der Waals surface area contributed by atoms with Crippen molar-refractivity contribution < 1.29 is 9.90 Å². The lowest BCUT2D eigenvalue weighted by Crippen LogP contribution is -2.36. The number of hydrogen-bond acceptors (Lipinski definition) is 3. The van der Waals surface area contributed by atoms with E-state index in [0.717, 1.165) is 45.4 Å². The van der Waals surface area contributed by atoms with Gasteiger partial charge in [0.05, 0.1) is 36.9 Å². The summed E-state index contributed by atoms with van der Waals surface area (Å²) in [6.45, 7) is 1.39. The Morgan fingerprint density at radius 3 is 2.28 bits per heavy atom. The van der Waals surface area contributed by atoms with Crippen LogP contribution in [0, 0.1) is 0 Å². The van der Waals surface area contributed by atoms with Crippen LogP contribution in [0.5, 0.6) is 0 Å². The fourth-order valence-corrected chi connectivity index (χ4v) is 5.35. The maximum atomic E-state index is 13.2. The molecule has 6 heteroatoms. The van der Waals surface area contributed by atoms with Crippen LogP contribution in [0.3, 0.4) is 0 Å². The summed E-state index contributed by atoms with van der Waals surface area (Å²) in [5.41, 5.74) is 6.70. The average molecular weight is 477 g/mol. The normalized spacial score (nSPS) is 14.3. The SMILES string of the molecule is CN1CCc2c(n(C[C@@H](O)Cn3cnc(-c4ccccc4)c3-c3ccccc3)c3ccccc23)C1=O. The largest absolute Gasteiger partial charge is 0.389 e. The van der Waals surface area contributed by atoms with Crippen LogP contribution < -0.4 is 0 Å².